The molecule has 0 N–H and O–H groups in total. The van der Waals surface area contributed by atoms with E-state index in [1.807, 2.05) is 84.9 Å². The summed E-state index contributed by atoms with van der Waals surface area (Å²) in [5.41, 5.74) is 4.06. The maximum absolute atomic E-state index is 12.8. The van der Waals surface area contributed by atoms with E-state index in [0.29, 0.717) is 5.69 Å². The zero-order valence-electron chi connectivity index (χ0n) is 15.8. The zero-order valence-corrected chi connectivity index (χ0v) is 15.8. The van der Waals surface area contributed by atoms with Crippen molar-refractivity contribution < 1.29 is 14.3 Å². The van der Waals surface area contributed by atoms with E-state index in [2.05, 4.69) is 4.99 Å². The lowest BCUT2D eigenvalue weighted by atomic mass is 10.0. The molecule has 0 spiro atoms. The van der Waals surface area contributed by atoms with Crippen LogP contribution < -0.4 is 4.90 Å². The number of fused-ring (bicyclic) bond motifs is 1. The molecule has 0 atom stereocenters. The number of benzodiazepines with no additional fused rings is 1. The second kappa shape index (κ2) is 8.52. The first-order valence-electron chi connectivity index (χ1n) is 9.41. The van der Waals surface area contributed by atoms with Gasteiger partial charge in [0.1, 0.15) is 19.7 Å². The van der Waals surface area contributed by atoms with E-state index in [-0.39, 0.29) is 25.6 Å². The maximum Gasteiger partial charge on any atom is 0.326 e. The topological polar surface area (TPSA) is 59.0 Å². The molecule has 4 rings (SSSR count). The minimum atomic E-state index is -0.458. The van der Waals surface area contributed by atoms with Crippen molar-refractivity contribution in [2.24, 2.45) is 4.99 Å². The molecule has 3 aromatic carbocycles. The SMILES string of the molecule is O=C(CN1C(=O)CN=C(c2ccccc2)c2ccccc21)OCc1ccccc1. The lowest BCUT2D eigenvalue weighted by Gasteiger charge is -2.22. The molecule has 1 heterocycles. The Bertz CT molecular complexity index is 1050. The highest BCUT2D eigenvalue weighted by Crippen LogP contribution is 2.26. The second-order valence-electron chi connectivity index (χ2n) is 6.67. The number of carbonyl (C=O) groups is 2. The third-order valence-electron chi connectivity index (χ3n) is 4.70. The predicted octanol–water partition coefficient (Wildman–Crippen LogP) is 3.61. The normalized spacial score (nSPS) is 13.3. The van der Waals surface area contributed by atoms with Gasteiger partial charge in [0.15, 0.2) is 0 Å². The molecule has 0 fully saturated rings. The van der Waals surface area contributed by atoms with E-state index in [4.69, 9.17) is 4.74 Å². The Labute approximate surface area is 169 Å². The molecule has 0 saturated heterocycles. The molecule has 5 heteroatoms. The number of ether oxygens (including phenoxy) is 1. The van der Waals surface area contributed by atoms with Gasteiger partial charge in [-0.15, -0.1) is 0 Å². The van der Waals surface area contributed by atoms with Crippen molar-refractivity contribution in [3.05, 3.63) is 102 Å². The number of rotatable bonds is 5. The number of amides is 1. The number of anilines is 1. The predicted molar refractivity (Wildman–Crippen MR) is 112 cm³/mol. The summed E-state index contributed by atoms with van der Waals surface area (Å²) in [5, 5.41) is 0. The molecule has 0 radical (unpaired) electrons. The van der Waals surface area contributed by atoms with Crippen molar-refractivity contribution >= 4 is 23.3 Å². The van der Waals surface area contributed by atoms with E-state index < -0.39 is 5.97 Å². The molecule has 29 heavy (non-hydrogen) atoms. The van der Waals surface area contributed by atoms with Crippen molar-refractivity contribution in [1.29, 1.82) is 0 Å². The molecule has 5 nitrogen and oxygen atoms in total. The molecular weight excluding hydrogens is 364 g/mol. The molecular formula is C24H20N2O3. The molecule has 0 bridgehead atoms. The van der Waals surface area contributed by atoms with Crippen LogP contribution in [-0.4, -0.2) is 30.7 Å². The minimum absolute atomic E-state index is 0.0229. The summed E-state index contributed by atoms with van der Waals surface area (Å²) < 4.78 is 5.38. The summed E-state index contributed by atoms with van der Waals surface area (Å²) in [7, 11) is 0. The number of hydrogen-bond acceptors (Lipinski definition) is 4. The van der Waals surface area contributed by atoms with E-state index >= 15 is 0 Å². The number of esters is 1. The van der Waals surface area contributed by atoms with Crippen LogP contribution in [0.25, 0.3) is 0 Å². The molecule has 1 amide bonds. The number of para-hydroxylation sites is 1. The Morgan fingerprint density at radius 3 is 2.31 bits per heavy atom. The van der Waals surface area contributed by atoms with Crippen LogP contribution >= 0.6 is 0 Å². The van der Waals surface area contributed by atoms with Crippen LogP contribution in [0.2, 0.25) is 0 Å². The van der Waals surface area contributed by atoms with E-state index in [0.717, 1.165) is 22.4 Å². The van der Waals surface area contributed by atoms with Crippen LogP contribution in [0.5, 0.6) is 0 Å². The summed E-state index contributed by atoms with van der Waals surface area (Å²) in [6.45, 7) is 0.000257. The van der Waals surface area contributed by atoms with Gasteiger partial charge in [-0.3, -0.25) is 19.5 Å². The average molecular weight is 384 g/mol. The van der Waals surface area contributed by atoms with Gasteiger partial charge in [-0.25, -0.2) is 0 Å². The summed E-state index contributed by atoms with van der Waals surface area (Å²) in [6.07, 6.45) is 0. The first kappa shape index (κ1) is 18.6. The van der Waals surface area contributed by atoms with Gasteiger partial charge >= 0.3 is 5.97 Å². The minimum Gasteiger partial charge on any atom is -0.459 e. The fraction of sp³-hybridized carbons (Fsp3) is 0.125. The molecule has 144 valence electrons. The van der Waals surface area contributed by atoms with Gasteiger partial charge in [-0.1, -0.05) is 78.9 Å². The van der Waals surface area contributed by atoms with Crippen LogP contribution in [0.15, 0.2) is 89.9 Å². The molecule has 0 saturated carbocycles. The fourth-order valence-electron chi connectivity index (χ4n) is 3.29. The lowest BCUT2D eigenvalue weighted by Crippen LogP contribution is -2.37. The van der Waals surface area contributed by atoms with Gasteiger partial charge in [0, 0.05) is 11.1 Å². The first-order chi connectivity index (χ1) is 14.2. The van der Waals surface area contributed by atoms with Crippen molar-refractivity contribution in [2.75, 3.05) is 18.0 Å². The Balaban J connectivity index is 1.57. The highest BCUT2D eigenvalue weighted by Gasteiger charge is 2.26. The molecule has 3 aromatic rings. The summed E-state index contributed by atoms with van der Waals surface area (Å²) in [6, 6.07) is 26.7. The van der Waals surface area contributed by atoms with Crippen molar-refractivity contribution in [3.8, 4) is 0 Å². The van der Waals surface area contributed by atoms with E-state index in [1.54, 1.807) is 0 Å². The Kier molecular flexibility index (Phi) is 5.47. The van der Waals surface area contributed by atoms with Crippen LogP contribution in [-0.2, 0) is 20.9 Å². The number of carbonyl (C=O) groups excluding carboxylic acids is 2. The van der Waals surface area contributed by atoms with Crippen molar-refractivity contribution in [3.63, 3.8) is 0 Å². The molecule has 0 unspecified atom stereocenters. The van der Waals surface area contributed by atoms with Crippen LogP contribution in [0.1, 0.15) is 16.7 Å². The average Bonchev–Trinajstić information content (AvgIpc) is 2.91. The van der Waals surface area contributed by atoms with Gasteiger partial charge in [0.25, 0.3) is 0 Å². The van der Waals surface area contributed by atoms with Crippen LogP contribution in [0.3, 0.4) is 0 Å². The van der Waals surface area contributed by atoms with E-state index in [1.165, 1.54) is 4.90 Å². The second-order valence-corrected chi connectivity index (χ2v) is 6.67. The summed E-state index contributed by atoms with van der Waals surface area (Å²) in [5.74, 6) is -0.694. The van der Waals surface area contributed by atoms with Crippen LogP contribution in [0, 0.1) is 0 Å². The third kappa shape index (κ3) is 4.24. The smallest absolute Gasteiger partial charge is 0.326 e. The molecule has 1 aliphatic rings. The number of benzene rings is 3. The maximum atomic E-state index is 12.8. The number of nitrogens with zero attached hydrogens (tertiary/aromatic N) is 2. The van der Waals surface area contributed by atoms with E-state index in [9.17, 15) is 9.59 Å². The van der Waals surface area contributed by atoms with Crippen LogP contribution in [0.4, 0.5) is 5.69 Å². The summed E-state index contributed by atoms with van der Waals surface area (Å²) in [4.78, 5) is 31.2. The first-order valence-corrected chi connectivity index (χ1v) is 9.41. The number of hydrogen-bond donors (Lipinski definition) is 0. The van der Waals surface area contributed by atoms with Gasteiger partial charge in [0.05, 0.1) is 11.4 Å². The molecule has 0 aromatic heterocycles. The zero-order chi connectivity index (χ0) is 20.1. The Morgan fingerprint density at radius 1 is 0.897 bits per heavy atom. The highest BCUT2D eigenvalue weighted by molar-refractivity contribution is 6.20. The van der Waals surface area contributed by atoms with Crippen molar-refractivity contribution in [1.82, 2.24) is 0 Å². The van der Waals surface area contributed by atoms with Crippen molar-refractivity contribution in [2.45, 2.75) is 6.61 Å². The monoisotopic (exact) mass is 384 g/mol. The van der Waals surface area contributed by atoms with Gasteiger partial charge in [-0.05, 0) is 11.6 Å². The van der Waals surface area contributed by atoms with Gasteiger partial charge < -0.3 is 4.74 Å². The Hall–Kier alpha value is -3.73. The third-order valence-corrected chi connectivity index (χ3v) is 4.70. The largest absolute Gasteiger partial charge is 0.459 e. The summed E-state index contributed by atoms with van der Waals surface area (Å²) >= 11 is 0. The molecule has 1 aliphatic heterocycles. The quantitative estimate of drug-likeness (QED) is 0.632. The van der Waals surface area contributed by atoms with Gasteiger partial charge in [0.2, 0.25) is 5.91 Å². The lowest BCUT2D eigenvalue weighted by molar-refractivity contribution is -0.144. The highest BCUT2D eigenvalue weighted by atomic mass is 16.5. The fourth-order valence-corrected chi connectivity index (χ4v) is 3.29. The standard InChI is InChI=1S/C24H20N2O3/c27-22-15-25-24(19-11-5-2-6-12-19)20-13-7-8-14-21(20)26(22)16-23(28)29-17-18-9-3-1-4-10-18/h1-14H,15-17H2. The number of aliphatic imine (C=N–C) groups is 1. The van der Waals surface area contributed by atoms with Gasteiger partial charge in [-0.2, -0.15) is 0 Å². The molecule has 0 aliphatic carbocycles. The Morgan fingerprint density at radius 2 is 1.55 bits per heavy atom.